The molecule has 1 amide bonds. The molecule has 9 heteroatoms. The number of amides is 1. The molecule has 1 rings (SSSR count). The molecule has 1 aromatic rings. The van der Waals surface area contributed by atoms with Crippen molar-refractivity contribution < 1.29 is 17.7 Å². The Morgan fingerprint density at radius 3 is 2.74 bits per heavy atom. The molecule has 108 valence electrons. The Morgan fingerprint density at radius 1 is 1.53 bits per heavy atom. The predicted molar refractivity (Wildman–Crippen MR) is 68.1 cm³/mol. The Hall–Kier alpha value is -1.48. The van der Waals surface area contributed by atoms with Crippen LogP contribution in [0.4, 0.5) is 0 Å². The number of aryl methyl sites for hydroxylation is 1. The highest BCUT2D eigenvalue weighted by Gasteiger charge is 2.15. The van der Waals surface area contributed by atoms with E-state index in [1.807, 2.05) is 0 Å². The van der Waals surface area contributed by atoms with E-state index in [1.165, 1.54) is 0 Å². The second-order valence-corrected chi connectivity index (χ2v) is 6.56. The van der Waals surface area contributed by atoms with Crippen LogP contribution in [0.25, 0.3) is 0 Å². The Morgan fingerprint density at radius 2 is 2.21 bits per heavy atom. The topological polar surface area (TPSA) is 128 Å². The van der Waals surface area contributed by atoms with Gasteiger partial charge in [-0.25, -0.2) is 8.42 Å². The number of carbonyl (C=O) groups is 1. The molecule has 0 aliphatic carbocycles. The number of nitrogens with zero attached hydrogens (tertiary/aromatic N) is 2. The van der Waals surface area contributed by atoms with Crippen molar-refractivity contribution in [1.29, 1.82) is 0 Å². The van der Waals surface area contributed by atoms with E-state index in [9.17, 15) is 13.2 Å². The molecule has 0 saturated carbocycles. The van der Waals surface area contributed by atoms with Gasteiger partial charge in [0, 0.05) is 26.1 Å². The first-order valence-corrected chi connectivity index (χ1v) is 7.84. The van der Waals surface area contributed by atoms with Gasteiger partial charge in [-0.2, -0.15) is 4.98 Å². The molecule has 1 unspecified atom stereocenters. The maximum Gasteiger partial charge on any atom is 0.236 e. The van der Waals surface area contributed by atoms with Gasteiger partial charge in [0.1, 0.15) is 9.84 Å². The molecular formula is C10H18N4O4S. The molecule has 0 saturated heterocycles. The first-order valence-electron chi connectivity index (χ1n) is 5.78. The van der Waals surface area contributed by atoms with Crippen molar-refractivity contribution in [3.05, 3.63) is 11.7 Å². The minimum Gasteiger partial charge on any atom is -0.354 e. The fraction of sp³-hybridized carbons (Fsp3) is 0.700. The maximum absolute atomic E-state index is 11.6. The summed E-state index contributed by atoms with van der Waals surface area (Å²) in [6.45, 7) is 2.00. The van der Waals surface area contributed by atoms with E-state index in [0.717, 1.165) is 6.26 Å². The van der Waals surface area contributed by atoms with Crippen LogP contribution in [0.3, 0.4) is 0 Å². The van der Waals surface area contributed by atoms with Crippen molar-refractivity contribution in [3.63, 3.8) is 0 Å². The summed E-state index contributed by atoms with van der Waals surface area (Å²) in [6, 6.07) is -0.832. The minimum absolute atomic E-state index is 0.103. The minimum atomic E-state index is -3.11. The number of sulfone groups is 1. The van der Waals surface area contributed by atoms with Crippen molar-refractivity contribution in [1.82, 2.24) is 15.5 Å². The molecule has 3 N–H and O–H groups in total. The fourth-order valence-electron chi connectivity index (χ4n) is 1.34. The summed E-state index contributed by atoms with van der Waals surface area (Å²) >= 11 is 0. The smallest absolute Gasteiger partial charge is 0.236 e. The van der Waals surface area contributed by atoms with Gasteiger partial charge in [0.25, 0.3) is 0 Å². The van der Waals surface area contributed by atoms with Gasteiger partial charge in [-0.05, 0) is 6.42 Å². The van der Waals surface area contributed by atoms with E-state index >= 15 is 0 Å². The molecule has 1 aromatic heterocycles. The number of aromatic nitrogens is 2. The summed E-state index contributed by atoms with van der Waals surface area (Å²) in [4.78, 5) is 15.5. The highest BCUT2D eigenvalue weighted by molar-refractivity contribution is 7.90. The molecule has 19 heavy (non-hydrogen) atoms. The number of nitrogens with two attached hydrogens (primary N) is 1. The summed E-state index contributed by atoms with van der Waals surface area (Å²) < 4.78 is 26.7. The highest BCUT2D eigenvalue weighted by Crippen LogP contribution is 1.96. The van der Waals surface area contributed by atoms with Crippen molar-refractivity contribution in [2.75, 3.05) is 18.6 Å². The Labute approximate surface area is 111 Å². The lowest BCUT2D eigenvalue weighted by Gasteiger charge is -2.10. The van der Waals surface area contributed by atoms with Crippen LogP contribution in [-0.2, 0) is 21.1 Å². The standard InChI is InChI=1S/C10H18N4O4S/c1-7-13-9(14-18-7)3-5-12-10(15)8(11)4-6-19(2,16)17/h8H,3-6,11H2,1-2H3,(H,12,15). The number of rotatable bonds is 7. The van der Waals surface area contributed by atoms with Crippen LogP contribution >= 0.6 is 0 Å². The van der Waals surface area contributed by atoms with Crippen LogP contribution in [0.2, 0.25) is 0 Å². The summed E-state index contributed by atoms with van der Waals surface area (Å²) in [7, 11) is -3.11. The van der Waals surface area contributed by atoms with E-state index in [2.05, 4.69) is 15.5 Å². The maximum atomic E-state index is 11.6. The third kappa shape index (κ3) is 6.30. The van der Waals surface area contributed by atoms with E-state index in [0.29, 0.717) is 24.7 Å². The van der Waals surface area contributed by atoms with Gasteiger partial charge in [-0.3, -0.25) is 4.79 Å². The Bertz CT molecular complexity index is 525. The van der Waals surface area contributed by atoms with Crippen LogP contribution in [0.5, 0.6) is 0 Å². The van der Waals surface area contributed by atoms with Crippen LogP contribution < -0.4 is 11.1 Å². The molecule has 0 aromatic carbocycles. The van der Waals surface area contributed by atoms with E-state index in [1.54, 1.807) is 6.92 Å². The zero-order valence-electron chi connectivity index (χ0n) is 10.9. The van der Waals surface area contributed by atoms with E-state index in [4.69, 9.17) is 10.3 Å². The summed E-state index contributed by atoms with van der Waals surface area (Å²) in [5, 5.41) is 6.27. The normalized spacial score (nSPS) is 13.2. The van der Waals surface area contributed by atoms with Crippen LogP contribution in [0.1, 0.15) is 18.1 Å². The second-order valence-electron chi connectivity index (χ2n) is 4.30. The summed E-state index contributed by atoms with van der Waals surface area (Å²) in [5.74, 6) is 0.476. The van der Waals surface area contributed by atoms with Crippen LogP contribution in [-0.4, -0.2) is 49.1 Å². The molecule has 0 spiro atoms. The SMILES string of the molecule is Cc1nc(CCNC(=O)C(N)CCS(C)(=O)=O)no1. The van der Waals surface area contributed by atoms with Gasteiger partial charge in [0.05, 0.1) is 11.8 Å². The summed E-state index contributed by atoms with van der Waals surface area (Å²) in [5.41, 5.74) is 5.58. The largest absolute Gasteiger partial charge is 0.354 e. The van der Waals surface area contributed by atoms with E-state index in [-0.39, 0.29) is 18.1 Å². The van der Waals surface area contributed by atoms with Gasteiger partial charge in [-0.1, -0.05) is 5.16 Å². The first kappa shape index (κ1) is 15.6. The lowest BCUT2D eigenvalue weighted by atomic mass is 10.2. The number of carbonyl (C=O) groups excluding carboxylic acids is 1. The molecule has 0 fully saturated rings. The van der Waals surface area contributed by atoms with Crippen molar-refractivity contribution in [2.24, 2.45) is 5.73 Å². The molecule has 1 heterocycles. The molecule has 8 nitrogen and oxygen atoms in total. The van der Waals surface area contributed by atoms with Gasteiger partial charge in [0.15, 0.2) is 5.82 Å². The molecule has 1 atom stereocenters. The molecule has 0 bridgehead atoms. The van der Waals surface area contributed by atoms with Crippen LogP contribution in [0.15, 0.2) is 4.52 Å². The predicted octanol–water partition coefficient (Wildman–Crippen LogP) is -1.20. The van der Waals surface area contributed by atoms with Gasteiger partial charge < -0.3 is 15.6 Å². The van der Waals surface area contributed by atoms with E-state index < -0.39 is 15.9 Å². The molecule has 0 aliphatic heterocycles. The molecule has 0 aliphatic rings. The third-order valence-corrected chi connectivity index (χ3v) is 3.33. The van der Waals surface area contributed by atoms with Crippen molar-refractivity contribution in [2.45, 2.75) is 25.8 Å². The zero-order valence-corrected chi connectivity index (χ0v) is 11.7. The second kappa shape index (κ2) is 6.62. The third-order valence-electron chi connectivity index (χ3n) is 2.35. The van der Waals surface area contributed by atoms with Gasteiger partial charge in [-0.15, -0.1) is 0 Å². The summed E-state index contributed by atoms with van der Waals surface area (Å²) in [6.07, 6.45) is 1.64. The lowest BCUT2D eigenvalue weighted by Crippen LogP contribution is -2.42. The molecule has 0 radical (unpaired) electrons. The average Bonchev–Trinajstić information content (AvgIpc) is 2.71. The van der Waals surface area contributed by atoms with Crippen molar-refractivity contribution in [3.8, 4) is 0 Å². The fourth-order valence-corrected chi connectivity index (χ4v) is 2.03. The monoisotopic (exact) mass is 290 g/mol. The highest BCUT2D eigenvalue weighted by atomic mass is 32.2. The zero-order chi connectivity index (χ0) is 14.5. The van der Waals surface area contributed by atoms with Gasteiger partial charge >= 0.3 is 0 Å². The van der Waals surface area contributed by atoms with Crippen molar-refractivity contribution >= 4 is 15.7 Å². The quantitative estimate of drug-likeness (QED) is 0.645. The Kier molecular flexibility index (Phi) is 5.43. The first-order chi connectivity index (χ1) is 8.78. The average molecular weight is 290 g/mol. The number of nitrogens with one attached hydrogen (secondary N) is 1. The van der Waals surface area contributed by atoms with Gasteiger partial charge in [0.2, 0.25) is 11.8 Å². The lowest BCUT2D eigenvalue weighted by molar-refractivity contribution is -0.122. The number of hydrogen-bond donors (Lipinski definition) is 2. The number of hydrogen-bond acceptors (Lipinski definition) is 7. The Balaban J connectivity index is 2.27. The van der Waals surface area contributed by atoms with Crippen LogP contribution in [0, 0.1) is 6.92 Å². The molecular weight excluding hydrogens is 272 g/mol.